The number of fused-ring (bicyclic) bond motifs is 1. The van der Waals surface area contributed by atoms with Gasteiger partial charge in [-0.05, 0) is 18.9 Å². The van der Waals surface area contributed by atoms with Crippen LogP contribution in [-0.4, -0.2) is 21.6 Å². The van der Waals surface area contributed by atoms with E-state index in [9.17, 15) is 0 Å². The van der Waals surface area contributed by atoms with Gasteiger partial charge in [-0.3, -0.25) is 5.10 Å². The average Bonchev–Trinajstić information content (AvgIpc) is 2.47. The quantitative estimate of drug-likeness (QED) is 0.567. The Morgan fingerprint density at radius 3 is 3.25 bits per heavy atom. The lowest BCUT2D eigenvalue weighted by atomic mass is 10.1. The van der Waals surface area contributed by atoms with Crippen molar-refractivity contribution in [2.45, 2.75) is 19.9 Å². The molecule has 4 nitrogen and oxygen atoms in total. The molecule has 0 fully saturated rings. The van der Waals surface area contributed by atoms with Gasteiger partial charge in [-0.25, -0.2) is 0 Å². The van der Waals surface area contributed by atoms with E-state index in [1.807, 2.05) is 6.92 Å². The molecule has 1 aromatic heterocycles. The zero-order valence-corrected chi connectivity index (χ0v) is 6.96. The molecule has 0 bridgehead atoms. The van der Waals surface area contributed by atoms with Crippen LogP contribution in [0.3, 0.4) is 0 Å². The van der Waals surface area contributed by atoms with Crippen molar-refractivity contribution in [1.82, 2.24) is 15.1 Å². The minimum absolute atomic E-state index is 0.687. The van der Waals surface area contributed by atoms with Crippen molar-refractivity contribution < 1.29 is 0 Å². The number of rotatable bonds is 0. The second-order valence-corrected chi connectivity index (χ2v) is 3.04. The normalized spacial score (nSPS) is 15.5. The van der Waals surface area contributed by atoms with E-state index in [4.69, 9.17) is 5.26 Å². The Hall–Kier alpha value is -1.50. The van der Waals surface area contributed by atoms with E-state index in [1.165, 1.54) is 5.56 Å². The number of H-pyrrole nitrogens is 1. The van der Waals surface area contributed by atoms with Crippen molar-refractivity contribution in [3.63, 3.8) is 0 Å². The fourth-order valence-corrected chi connectivity index (χ4v) is 1.57. The van der Waals surface area contributed by atoms with E-state index >= 15 is 0 Å². The summed E-state index contributed by atoms with van der Waals surface area (Å²) in [5, 5.41) is 15.7. The number of aryl methyl sites for hydroxylation is 1. The molecule has 0 atom stereocenters. The summed E-state index contributed by atoms with van der Waals surface area (Å²) in [6, 6.07) is 0. The topological polar surface area (TPSA) is 55.7 Å². The molecule has 1 N–H and O–H groups in total. The molecule has 0 radical (unpaired) electrons. The molecule has 2 rings (SSSR count). The Balaban J connectivity index is 2.31. The maximum Gasteiger partial charge on any atom is 0.179 e. The summed E-state index contributed by atoms with van der Waals surface area (Å²) in [6.45, 7) is 3.51. The standard InChI is InChI=1S/C8H10N4/c1-6-7-2-3-12(5-9)4-8(7)11-10-6/h2-4H2,1H3,(H,10,11). The predicted octanol–water partition coefficient (Wildman–Crippen LogP) is 0.557. The smallest absolute Gasteiger partial charge is 0.179 e. The van der Waals surface area contributed by atoms with Gasteiger partial charge in [0.1, 0.15) is 0 Å². The molecule has 0 aliphatic carbocycles. The Labute approximate surface area is 70.8 Å². The van der Waals surface area contributed by atoms with Crippen LogP contribution < -0.4 is 0 Å². The Bertz CT molecular complexity index is 333. The zero-order valence-electron chi connectivity index (χ0n) is 6.96. The van der Waals surface area contributed by atoms with Crippen molar-refractivity contribution in [3.8, 4) is 6.19 Å². The lowest BCUT2D eigenvalue weighted by molar-refractivity contribution is 0.363. The molecule has 0 spiro atoms. The van der Waals surface area contributed by atoms with Crippen LogP contribution >= 0.6 is 0 Å². The van der Waals surface area contributed by atoms with Crippen molar-refractivity contribution >= 4 is 0 Å². The highest BCUT2D eigenvalue weighted by Gasteiger charge is 2.18. The Kier molecular flexibility index (Phi) is 1.51. The van der Waals surface area contributed by atoms with Crippen LogP contribution in [0.5, 0.6) is 0 Å². The van der Waals surface area contributed by atoms with E-state index in [1.54, 1.807) is 4.90 Å². The molecule has 4 heteroatoms. The number of hydrogen-bond donors (Lipinski definition) is 1. The first kappa shape index (κ1) is 7.17. The van der Waals surface area contributed by atoms with Crippen LogP contribution in [0.1, 0.15) is 17.0 Å². The first-order chi connectivity index (χ1) is 5.81. The summed E-state index contributed by atoms with van der Waals surface area (Å²) in [7, 11) is 0. The fraction of sp³-hybridized carbons (Fsp3) is 0.500. The van der Waals surface area contributed by atoms with Crippen LogP contribution in [0.15, 0.2) is 0 Å². The lowest BCUT2D eigenvalue weighted by Gasteiger charge is -2.20. The number of nitriles is 1. The minimum atomic E-state index is 0.687. The van der Waals surface area contributed by atoms with Crippen LogP contribution in [-0.2, 0) is 13.0 Å². The van der Waals surface area contributed by atoms with E-state index in [0.29, 0.717) is 6.54 Å². The summed E-state index contributed by atoms with van der Waals surface area (Å²) in [4.78, 5) is 1.74. The molecule has 12 heavy (non-hydrogen) atoms. The van der Waals surface area contributed by atoms with Gasteiger partial charge in [0, 0.05) is 6.54 Å². The second-order valence-electron chi connectivity index (χ2n) is 3.04. The number of nitrogens with one attached hydrogen (secondary N) is 1. The van der Waals surface area contributed by atoms with Crippen molar-refractivity contribution in [3.05, 3.63) is 17.0 Å². The molecule has 62 valence electrons. The van der Waals surface area contributed by atoms with Crippen LogP contribution in [0.25, 0.3) is 0 Å². The van der Waals surface area contributed by atoms with Crippen LogP contribution in [0.4, 0.5) is 0 Å². The molecule has 2 heterocycles. The lowest BCUT2D eigenvalue weighted by Crippen LogP contribution is -2.25. The van der Waals surface area contributed by atoms with Gasteiger partial charge in [0.25, 0.3) is 0 Å². The van der Waals surface area contributed by atoms with Gasteiger partial charge in [-0.2, -0.15) is 10.4 Å². The highest BCUT2D eigenvalue weighted by molar-refractivity contribution is 5.27. The second kappa shape index (κ2) is 2.52. The van der Waals surface area contributed by atoms with Crippen LogP contribution in [0, 0.1) is 18.4 Å². The highest BCUT2D eigenvalue weighted by Crippen LogP contribution is 2.18. The maximum absolute atomic E-state index is 8.67. The Morgan fingerprint density at radius 2 is 2.50 bits per heavy atom. The summed E-state index contributed by atoms with van der Waals surface area (Å²) >= 11 is 0. The van der Waals surface area contributed by atoms with E-state index in [2.05, 4.69) is 16.4 Å². The first-order valence-corrected chi connectivity index (χ1v) is 3.98. The summed E-state index contributed by atoms with van der Waals surface area (Å²) in [5.74, 6) is 0. The van der Waals surface area contributed by atoms with Crippen molar-refractivity contribution in [2.75, 3.05) is 6.54 Å². The molecular weight excluding hydrogens is 152 g/mol. The Morgan fingerprint density at radius 1 is 1.67 bits per heavy atom. The number of aromatic amines is 1. The average molecular weight is 162 g/mol. The molecule has 0 saturated heterocycles. The van der Waals surface area contributed by atoms with Gasteiger partial charge >= 0.3 is 0 Å². The van der Waals surface area contributed by atoms with Gasteiger partial charge in [-0.1, -0.05) is 0 Å². The molecule has 0 amide bonds. The molecule has 0 saturated carbocycles. The van der Waals surface area contributed by atoms with E-state index < -0.39 is 0 Å². The van der Waals surface area contributed by atoms with Crippen molar-refractivity contribution in [2.24, 2.45) is 0 Å². The number of aromatic nitrogens is 2. The molecule has 0 aromatic carbocycles. The minimum Gasteiger partial charge on any atom is -0.304 e. The third-order valence-corrected chi connectivity index (χ3v) is 2.28. The number of hydrogen-bond acceptors (Lipinski definition) is 3. The van der Waals surface area contributed by atoms with E-state index in [0.717, 1.165) is 24.4 Å². The zero-order chi connectivity index (χ0) is 8.55. The summed E-state index contributed by atoms with van der Waals surface area (Å²) in [6.07, 6.45) is 3.08. The van der Waals surface area contributed by atoms with Crippen LogP contribution in [0.2, 0.25) is 0 Å². The maximum atomic E-state index is 8.67. The van der Waals surface area contributed by atoms with Gasteiger partial charge in [0.05, 0.1) is 17.9 Å². The summed E-state index contributed by atoms with van der Waals surface area (Å²) < 4.78 is 0. The van der Waals surface area contributed by atoms with Gasteiger partial charge < -0.3 is 4.90 Å². The molecule has 1 aliphatic heterocycles. The molecule has 0 unspecified atom stereocenters. The van der Waals surface area contributed by atoms with Gasteiger partial charge in [0.15, 0.2) is 6.19 Å². The fourth-order valence-electron chi connectivity index (χ4n) is 1.57. The monoisotopic (exact) mass is 162 g/mol. The molecular formula is C8H10N4. The SMILES string of the molecule is Cc1n[nH]c2c1CCN(C#N)C2. The third kappa shape index (κ3) is 0.944. The highest BCUT2D eigenvalue weighted by atomic mass is 15.2. The number of nitrogens with zero attached hydrogens (tertiary/aromatic N) is 3. The molecule has 1 aliphatic rings. The third-order valence-electron chi connectivity index (χ3n) is 2.28. The first-order valence-electron chi connectivity index (χ1n) is 3.98. The molecule has 1 aromatic rings. The summed E-state index contributed by atoms with van der Waals surface area (Å²) in [5.41, 5.74) is 3.46. The van der Waals surface area contributed by atoms with E-state index in [-0.39, 0.29) is 0 Å². The van der Waals surface area contributed by atoms with Gasteiger partial charge in [0.2, 0.25) is 0 Å². The largest absolute Gasteiger partial charge is 0.304 e. The van der Waals surface area contributed by atoms with Crippen molar-refractivity contribution in [1.29, 1.82) is 5.26 Å². The van der Waals surface area contributed by atoms with Gasteiger partial charge in [-0.15, -0.1) is 0 Å². The predicted molar refractivity (Wildman–Crippen MR) is 43.1 cm³/mol.